The highest BCUT2D eigenvalue weighted by atomic mass is 35.5. The van der Waals surface area contributed by atoms with E-state index >= 15 is 0 Å². The number of halogens is 1. The van der Waals surface area contributed by atoms with E-state index in [1.54, 1.807) is 23.1 Å². The van der Waals surface area contributed by atoms with Gasteiger partial charge < -0.3 is 14.4 Å². The molecule has 0 aromatic heterocycles. The summed E-state index contributed by atoms with van der Waals surface area (Å²) in [5.74, 6) is 0.935. The number of amides is 1. The molecule has 174 valence electrons. The van der Waals surface area contributed by atoms with Crippen molar-refractivity contribution in [2.24, 2.45) is 0 Å². The number of benzene rings is 2. The van der Waals surface area contributed by atoms with Crippen molar-refractivity contribution in [1.82, 2.24) is 4.90 Å². The van der Waals surface area contributed by atoms with Gasteiger partial charge in [-0.1, -0.05) is 11.6 Å². The first-order valence-corrected chi connectivity index (χ1v) is 11.6. The Balaban J connectivity index is 1.36. The fraction of sp³-hybridized carbons (Fsp3) is 0.423. The van der Waals surface area contributed by atoms with Crippen LogP contribution < -0.4 is 9.47 Å². The number of piperidine rings is 1. The largest absolute Gasteiger partial charge is 0.496 e. The quantitative estimate of drug-likeness (QED) is 0.579. The highest BCUT2D eigenvalue weighted by Crippen LogP contribution is 2.40. The van der Waals surface area contributed by atoms with Crippen LogP contribution in [0, 0.1) is 13.8 Å². The Morgan fingerprint density at radius 3 is 2.48 bits per heavy atom. The Kier molecular flexibility index (Phi) is 6.48. The number of Topliss-reactive ketones (excluding diaryl/α,β-unsaturated/α-hetero) is 2. The second-order valence-electron chi connectivity index (χ2n) is 8.97. The first kappa shape index (κ1) is 23.3. The van der Waals surface area contributed by atoms with Gasteiger partial charge >= 0.3 is 0 Å². The van der Waals surface area contributed by atoms with Gasteiger partial charge in [0.05, 0.1) is 24.7 Å². The number of carbonyl (C=O) groups excluding carboxylic acids is 3. The minimum Gasteiger partial charge on any atom is -0.496 e. The van der Waals surface area contributed by atoms with Crippen molar-refractivity contribution in [3.63, 3.8) is 0 Å². The maximum atomic E-state index is 12.8. The Morgan fingerprint density at radius 2 is 1.79 bits per heavy atom. The van der Waals surface area contributed by atoms with E-state index in [1.165, 1.54) is 7.11 Å². The molecule has 0 unspecified atom stereocenters. The standard InChI is InChI=1S/C26H28ClNO5/c1-16-12-19-22(30)15-26(33-24(19)13-17(16)2)8-10-28(11-9-26)25(31)7-5-21(29)20-14-18(27)4-6-23(20)32-3/h4,6,12-14H,5,7-11,15H2,1-3H3. The molecule has 1 spiro atoms. The van der Waals surface area contributed by atoms with Gasteiger partial charge in [0.2, 0.25) is 5.91 Å². The summed E-state index contributed by atoms with van der Waals surface area (Å²) >= 11 is 6.01. The van der Waals surface area contributed by atoms with Gasteiger partial charge in [-0.15, -0.1) is 0 Å². The molecule has 2 aromatic carbocycles. The number of carbonyl (C=O) groups is 3. The summed E-state index contributed by atoms with van der Waals surface area (Å²) in [7, 11) is 1.49. The second-order valence-corrected chi connectivity index (χ2v) is 9.40. The molecular weight excluding hydrogens is 442 g/mol. The number of hydrogen-bond acceptors (Lipinski definition) is 5. The molecule has 2 aliphatic heterocycles. The fourth-order valence-corrected chi connectivity index (χ4v) is 4.78. The Hall–Kier alpha value is -2.86. The maximum absolute atomic E-state index is 12.8. The van der Waals surface area contributed by atoms with Crippen LogP contribution in [0.2, 0.25) is 5.02 Å². The third-order valence-corrected chi connectivity index (χ3v) is 7.00. The second kappa shape index (κ2) is 9.18. The van der Waals surface area contributed by atoms with Crippen LogP contribution in [0.5, 0.6) is 11.5 Å². The summed E-state index contributed by atoms with van der Waals surface area (Å²) in [5, 5.41) is 0.445. The average molecular weight is 470 g/mol. The lowest BCUT2D eigenvalue weighted by molar-refractivity contribution is -0.134. The molecule has 1 fully saturated rings. The van der Waals surface area contributed by atoms with Crippen molar-refractivity contribution >= 4 is 29.1 Å². The number of fused-ring (bicyclic) bond motifs is 1. The van der Waals surface area contributed by atoms with Crippen molar-refractivity contribution in [2.45, 2.75) is 51.6 Å². The van der Waals surface area contributed by atoms with Gasteiger partial charge in [-0.05, 0) is 55.3 Å². The number of ketones is 2. The summed E-state index contributed by atoms with van der Waals surface area (Å²) in [5.41, 5.74) is 2.64. The minimum absolute atomic E-state index is 0.0757. The number of methoxy groups -OCH3 is 1. The summed E-state index contributed by atoms with van der Waals surface area (Å²) in [6, 6.07) is 8.72. The van der Waals surface area contributed by atoms with Crippen LogP contribution in [-0.2, 0) is 4.79 Å². The summed E-state index contributed by atoms with van der Waals surface area (Å²) in [6.07, 6.45) is 1.71. The Labute approximate surface area is 198 Å². The lowest BCUT2D eigenvalue weighted by Gasteiger charge is -2.44. The number of hydrogen-bond donors (Lipinski definition) is 0. The van der Waals surface area contributed by atoms with E-state index in [1.807, 2.05) is 26.0 Å². The molecular formula is C26H28ClNO5. The van der Waals surface area contributed by atoms with Crippen LogP contribution in [0.4, 0.5) is 0 Å². The Morgan fingerprint density at radius 1 is 1.09 bits per heavy atom. The van der Waals surface area contributed by atoms with Gasteiger partial charge in [-0.3, -0.25) is 14.4 Å². The van der Waals surface area contributed by atoms with Gasteiger partial charge in [0.25, 0.3) is 0 Å². The van der Waals surface area contributed by atoms with Gasteiger partial charge in [0.15, 0.2) is 11.6 Å². The first-order valence-electron chi connectivity index (χ1n) is 11.2. The van der Waals surface area contributed by atoms with Crippen LogP contribution in [-0.4, -0.2) is 48.2 Å². The molecule has 2 heterocycles. The van der Waals surface area contributed by atoms with E-state index in [-0.39, 0.29) is 30.3 Å². The molecule has 6 nitrogen and oxygen atoms in total. The zero-order valence-electron chi connectivity index (χ0n) is 19.2. The molecule has 2 aliphatic rings. The average Bonchev–Trinajstić information content (AvgIpc) is 2.79. The molecule has 4 rings (SSSR count). The number of aryl methyl sites for hydroxylation is 2. The van der Waals surface area contributed by atoms with Crippen molar-refractivity contribution in [3.8, 4) is 11.5 Å². The summed E-state index contributed by atoms with van der Waals surface area (Å²) in [6.45, 7) is 5.00. The molecule has 0 aliphatic carbocycles. The molecule has 0 saturated carbocycles. The molecule has 0 N–H and O–H groups in total. The van der Waals surface area contributed by atoms with Crippen molar-refractivity contribution < 1.29 is 23.9 Å². The first-order chi connectivity index (χ1) is 15.7. The van der Waals surface area contributed by atoms with Crippen molar-refractivity contribution in [2.75, 3.05) is 20.2 Å². The van der Waals surface area contributed by atoms with Gasteiger partial charge in [-0.25, -0.2) is 0 Å². The number of ether oxygens (including phenoxy) is 2. The maximum Gasteiger partial charge on any atom is 0.223 e. The molecule has 7 heteroatoms. The molecule has 33 heavy (non-hydrogen) atoms. The topological polar surface area (TPSA) is 72.9 Å². The van der Waals surface area contributed by atoms with Crippen molar-refractivity contribution in [1.29, 1.82) is 0 Å². The van der Waals surface area contributed by atoms with Crippen molar-refractivity contribution in [3.05, 3.63) is 57.6 Å². The molecule has 0 radical (unpaired) electrons. The fourth-order valence-electron chi connectivity index (χ4n) is 4.60. The summed E-state index contributed by atoms with van der Waals surface area (Å²) < 4.78 is 11.6. The molecule has 2 aromatic rings. The van der Waals surface area contributed by atoms with E-state index in [0.717, 1.165) is 11.1 Å². The van der Waals surface area contributed by atoms with Crippen LogP contribution in [0.15, 0.2) is 30.3 Å². The van der Waals surface area contributed by atoms with Gasteiger partial charge in [-0.2, -0.15) is 0 Å². The highest BCUT2D eigenvalue weighted by Gasteiger charge is 2.43. The van der Waals surface area contributed by atoms with Crippen LogP contribution in [0.3, 0.4) is 0 Å². The lowest BCUT2D eigenvalue weighted by atomic mass is 9.82. The number of nitrogens with zero attached hydrogens (tertiary/aromatic N) is 1. The number of rotatable bonds is 5. The van der Waals surface area contributed by atoms with Gasteiger partial charge in [0.1, 0.15) is 17.1 Å². The molecule has 1 amide bonds. The predicted molar refractivity (Wildman–Crippen MR) is 126 cm³/mol. The molecule has 0 bridgehead atoms. The van der Waals surface area contributed by atoms with Crippen LogP contribution in [0.25, 0.3) is 0 Å². The normalized spacial score (nSPS) is 16.8. The number of likely N-dealkylation sites (tertiary alicyclic amines) is 1. The minimum atomic E-state index is -0.563. The monoisotopic (exact) mass is 469 g/mol. The molecule has 1 saturated heterocycles. The van der Waals surface area contributed by atoms with E-state index in [2.05, 4.69) is 0 Å². The molecule has 0 atom stereocenters. The SMILES string of the molecule is COc1ccc(Cl)cc1C(=O)CCC(=O)N1CCC2(CC1)CC(=O)c1cc(C)c(C)cc1O2. The Bertz CT molecular complexity index is 1120. The third kappa shape index (κ3) is 4.76. The predicted octanol–water partition coefficient (Wildman–Crippen LogP) is 4.95. The zero-order valence-corrected chi connectivity index (χ0v) is 20.0. The van der Waals surface area contributed by atoms with Gasteiger partial charge in [0, 0.05) is 43.8 Å². The van der Waals surface area contributed by atoms with E-state index < -0.39 is 5.60 Å². The lowest BCUT2D eigenvalue weighted by Crippen LogP contribution is -2.52. The highest BCUT2D eigenvalue weighted by molar-refractivity contribution is 6.31. The third-order valence-electron chi connectivity index (χ3n) is 6.76. The smallest absolute Gasteiger partial charge is 0.223 e. The van der Waals surface area contributed by atoms with Crippen LogP contribution in [0.1, 0.15) is 63.9 Å². The van der Waals surface area contributed by atoms with E-state index in [4.69, 9.17) is 21.1 Å². The van der Waals surface area contributed by atoms with E-state index in [0.29, 0.717) is 60.0 Å². The summed E-state index contributed by atoms with van der Waals surface area (Å²) in [4.78, 5) is 40.0. The van der Waals surface area contributed by atoms with Crippen LogP contribution >= 0.6 is 11.6 Å². The zero-order chi connectivity index (χ0) is 23.8. The van der Waals surface area contributed by atoms with E-state index in [9.17, 15) is 14.4 Å².